The summed E-state index contributed by atoms with van der Waals surface area (Å²) in [4.78, 5) is 0. The van der Waals surface area contributed by atoms with Crippen LogP contribution >= 0.6 is 11.8 Å². The summed E-state index contributed by atoms with van der Waals surface area (Å²) in [5, 5.41) is 20.0. The Morgan fingerprint density at radius 1 is 1.09 bits per heavy atom. The maximum Gasteiger partial charge on any atom is 0.200 e. The normalized spacial score (nSPS) is 12.2. The highest BCUT2D eigenvalue weighted by Crippen LogP contribution is 2.29. The molecule has 0 aliphatic rings. The molecule has 0 aliphatic carbocycles. The number of methoxy groups -OCH3 is 1. The van der Waals surface area contributed by atoms with Gasteiger partial charge in [0, 0.05) is 5.75 Å². The SMILES string of the molecule is C/C=C/c1ccc(OCC(O)CSc2nnc(-c3ccco3)n2Cc2ccccc2)c(OC)c1. The molecule has 1 atom stereocenters. The van der Waals surface area contributed by atoms with E-state index in [1.54, 1.807) is 13.4 Å². The van der Waals surface area contributed by atoms with Crippen LogP contribution in [0.25, 0.3) is 17.7 Å². The number of aromatic nitrogens is 3. The van der Waals surface area contributed by atoms with E-state index in [9.17, 15) is 5.11 Å². The summed E-state index contributed by atoms with van der Waals surface area (Å²) in [5.74, 6) is 2.90. The molecule has 2 aromatic carbocycles. The smallest absolute Gasteiger partial charge is 0.200 e. The van der Waals surface area contributed by atoms with Crippen LogP contribution in [-0.4, -0.2) is 45.4 Å². The number of hydrogen-bond acceptors (Lipinski definition) is 7. The summed E-state index contributed by atoms with van der Waals surface area (Å²) in [7, 11) is 1.60. The van der Waals surface area contributed by atoms with Gasteiger partial charge in [0.15, 0.2) is 22.4 Å². The maximum absolute atomic E-state index is 10.6. The van der Waals surface area contributed by atoms with Crippen molar-refractivity contribution in [2.45, 2.75) is 24.7 Å². The highest BCUT2D eigenvalue weighted by atomic mass is 32.2. The zero-order valence-electron chi connectivity index (χ0n) is 19.1. The third-order valence-electron chi connectivity index (χ3n) is 5.02. The van der Waals surface area contributed by atoms with Gasteiger partial charge >= 0.3 is 0 Å². The van der Waals surface area contributed by atoms with E-state index < -0.39 is 6.10 Å². The van der Waals surface area contributed by atoms with E-state index in [4.69, 9.17) is 13.9 Å². The number of aliphatic hydroxyl groups is 1. The Labute approximate surface area is 203 Å². The number of aliphatic hydroxyl groups excluding tert-OH is 1. The minimum atomic E-state index is -0.709. The minimum absolute atomic E-state index is 0.129. The van der Waals surface area contributed by atoms with Crippen molar-refractivity contribution in [3.05, 3.63) is 84.1 Å². The fourth-order valence-corrected chi connectivity index (χ4v) is 4.24. The molecule has 0 bridgehead atoms. The first kappa shape index (κ1) is 23.7. The summed E-state index contributed by atoms with van der Waals surface area (Å²) in [6, 6.07) is 19.5. The molecule has 0 amide bonds. The quantitative estimate of drug-likeness (QED) is 0.299. The number of allylic oxidation sites excluding steroid dienone is 1. The van der Waals surface area contributed by atoms with E-state index in [1.807, 2.05) is 72.2 Å². The molecule has 1 N–H and O–H groups in total. The predicted molar refractivity (Wildman–Crippen MR) is 133 cm³/mol. The van der Waals surface area contributed by atoms with Crippen LogP contribution in [0.4, 0.5) is 0 Å². The van der Waals surface area contributed by atoms with Crippen LogP contribution in [0.1, 0.15) is 18.1 Å². The Kier molecular flexibility index (Phi) is 8.06. The van der Waals surface area contributed by atoms with Gasteiger partial charge in [-0.1, -0.05) is 60.3 Å². The van der Waals surface area contributed by atoms with E-state index in [0.29, 0.717) is 40.5 Å². The fourth-order valence-electron chi connectivity index (χ4n) is 3.40. The summed E-state index contributed by atoms with van der Waals surface area (Å²) < 4.78 is 18.8. The summed E-state index contributed by atoms with van der Waals surface area (Å²) in [6.45, 7) is 2.68. The highest BCUT2D eigenvalue weighted by molar-refractivity contribution is 7.99. The van der Waals surface area contributed by atoms with Crippen LogP contribution in [0.5, 0.6) is 11.5 Å². The number of ether oxygens (including phenoxy) is 2. The van der Waals surface area contributed by atoms with Crippen molar-refractivity contribution in [1.82, 2.24) is 14.8 Å². The fraction of sp³-hybridized carbons (Fsp3) is 0.231. The number of nitrogens with zero attached hydrogens (tertiary/aromatic N) is 3. The van der Waals surface area contributed by atoms with Crippen LogP contribution in [0.3, 0.4) is 0 Å². The third kappa shape index (κ3) is 5.89. The third-order valence-corrected chi connectivity index (χ3v) is 6.14. The standard InChI is InChI=1S/C26H27N3O4S/c1-3-8-19-12-13-22(24(15-19)31-2)33-17-21(30)18-34-26-28-27-25(23-11-7-14-32-23)29(26)16-20-9-5-4-6-10-20/h3-15,21,30H,16-18H2,1-2H3/b8-3+. The Bertz CT molecular complexity index is 1210. The monoisotopic (exact) mass is 477 g/mol. The van der Waals surface area contributed by atoms with Gasteiger partial charge in [-0.15, -0.1) is 10.2 Å². The predicted octanol–water partition coefficient (Wildman–Crippen LogP) is 5.16. The second-order valence-electron chi connectivity index (χ2n) is 7.54. The molecule has 0 saturated carbocycles. The van der Waals surface area contributed by atoms with Crippen molar-refractivity contribution < 1.29 is 19.0 Å². The lowest BCUT2D eigenvalue weighted by Crippen LogP contribution is -2.20. The lowest BCUT2D eigenvalue weighted by atomic mass is 10.2. The molecule has 1 unspecified atom stereocenters. The Hall–Kier alpha value is -3.49. The molecule has 0 aliphatic heterocycles. The first-order valence-corrected chi connectivity index (χ1v) is 11.9. The summed E-state index contributed by atoms with van der Waals surface area (Å²) in [6.07, 6.45) is 4.85. The second-order valence-corrected chi connectivity index (χ2v) is 8.53. The van der Waals surface area contributed by atoms with Crippen LogP contribution in [0, 0.1) is 0 Å². The average Bonchev–Trinajstić information content (AvgIpc) is 3.53. The van der Waals surface area contributed by atoms with Gasteiger partial charge in [-0.05, 0) is 42.3 Å². The molecule has 2 aromatic heterocycles. The molecule has 0 spiro atoms. The molecule has 4 rings (SSSR count). The van der Waals surface area contributed by atoms with E-state index in [2.05, 4.69) is 22.3 Å². The minimum Gasteiger partial charge on any atom is -0.493 e. The number of hydrogen-bond donors (Lipinski definition) is 1. The molecule has 0 radical (unpaired) electrons. The zero-order chi connectivity index (χ0) is 23.8. The van der Waals surface area contributed by atoms with Gasteiger partial charge in [0.25, 0.3) is 0 Å². The van der Waals surface area contributed by atoms with Gasteiger partial charge in [0.05, 0.1) is 26.0 Å². The van der Waals surface area contributed by atoms with Crippen molar-refractivity contribution in [2.24, 2.45) is 0 Å². The van der Waals surface area contributed by atoms with Crippen LogP contribution < -0.4 is 9.47 Å². The molecular weight excluding hydrogens is 450 g/mol. The van der Waals surface area contributed by atoms with Gasteiger partial charge in [0.2, 0.25) is 5.82 Å². The first-order chi connectivity index (χ1) is 16.7. The van der Waals surface area contributed by atoms with Crippen molar-refractivity contribution >= 4 is 17.8 Å². The van der Waals surface area contributed by atoms with Crippen molar-refractivity contribution in [2.75, 3.05) is 19.5 Å². The number of benzene rings is 2. The lowest BCUT2D eigenvalue weighted by Gasteiger charge is -2.15. The molecule has 2 heterocycles. The Morgan fingerprint density at radius 2 is 1.94 bits per heavy atom. The van der Waals surface area contributed by atoms with E-state index in [-0.39, 0.29) is 6.61 Å². The van der Waals surface area contributed by atoms with Crippen molar-refractivity contribution in [1.29, 1.82) is 0 Å². The summed E-state index contributed by atoms with van der Waals surface area (Å²) >= 11 is 1.42. The number of rotatable bonds is 11. The number of thioether (sulfide) groups is 1. The van der Waals surface area contributed by atoms with Gasteiger partial charge in [-0.25, -0.2) is 0 Å². The molecule has 0 fully saturated rings. The average molecular weight is 478 g/mol. The maximum atomic E-state index is 10.6. The van der Waals surface area contributed by atoms with E-state index >= 15 is 0 Å². The Morgan fingerprint density at radius 3 is 2.68 bits per heavy atom. The molecule has 8 heteroatoms. The van der Waals surface area contributed by atoms with E-state index in [0.717, 1.165) is 11.1 Å². The topological polar surface area (TPSA) is 82.5 Å². The molecule has 34 heavy (non-hydrogen) atoms. The second kappa shape index (κ2) is 11.6. The largest absolute Gasteiger partial charge is 0.493 e. The molecule has 7 nitrogen and oxygen atoms in total. The lowest BCUT2D eigenvalue weighted by molar-refractivity contribution is 0.124. The van der Waals surface area contributed by atoms with Crippen molar-refractivity contribution in [3.63, 3.8) is 0 Å². The van der Waals surface area contributed by atoms with Crippen LogP contribution in [0.15, 0.2) is 82.6 Å². The summed E-state index contributed by atoms with van der Waals surface area (Å²) in [5.41, 5.74) is 2.14. The van der Waals surface area contributed by atoms with Crippen LogP contribution in [-0.2, 0) is 6.54 Å². The van der Waals surface area contributed by atoms with Crippen LogP contribution in [0.2, 0.25) is 0 Å². The van der Waals surface area contributed by atoms with E-state index in [1.165, 1.54) is 11.8 Å². The highest BCUT2D eigenvalue weighted by Gasteiger charge is 2.18. The zero-order valence-corrected chi connectivity index (χ0v) is 19.9. The van der Waals surface area contributed by atoms with Gasteiger partial charge in [0.1, 0.15) is 6.61 Å². The van der Waals surface area contributed by atoms with Crippen molar-refractivity contribution in [3.8, 4) is 23.1 Å². The molecule has 4 aromatic rings. The molecular formula is C26H27N3O4S. The first-order valence-electron chi connectivity index (χ1n) is 10.9. The Balaban J connectivity index is 1.42. The molecule has 176 valence electrons. The van der Waals surface area contributed by atoms with Gasteiger partial charge in [-0.3, -0.25) is 4.57 Å². The van der Waals surface area contributed by atoms with Gasteiger partial charge < -0.3 is 19.0 Å². The van der Waals surface area contributed by atoms with Gasteiger partial charge in [-0.2, -0.15) is 0 Å². The molecule has 0 saturated heterocycles. The number of furan rings is 1.